The van der Waals surface area contributed by atoms with Crippen molar-refractivity contribution in [1.82, 2.24) is 0 Å². The maximum atomic E-state index is 10.7. The largest absolute Gasteiger partial charge is 0.463 e. The first kappa shape index (κ1) is 8.43. The summed E-state index contributed by atoms with van der Waals surface area (Å²) in [6.07, 6.45) is 0. The van der Waals surface area contributed by atoms with Crippen LogP contribution in [0.25, 0.3) is 0 Å². The lowest BCUT2D eigenvalue weighted by atomic mass is 10.4. The van der Waals surface area contributed by atoms with Crippen molar-refractivity contribution in [3.8, 4) is 0 Å². The summed E-state index contributed by atoms with van der Waals surface area (Å²) < 4.78 is 4.71. The molecule has 0 rings (SSSR count). The quantitative estimate of drug-likeness (QED) is 0.305. The number of hydrogen-bond donors (Lipinski definition) is 0. The highest BCUT2D eigenvalue weighted by molar-refractivity contribution is 6.19. The second kappa shape index (κ2) is 4.32. The van der Waals surface area contributed by atoms with Crippen LogP contribution in [0.3, 0.4) is 0 Å². The number of ether oxygens (including phenoxy) is 1. The lowest BCUT2D eigenvalue weighted by molar-refractivity contribution is -0.138. The molecule has 0 unspecified atom stereocenters. The van der Waals surface area contributed by atoms with Gasteiger partial charge in [-0.05, 0) is 13.8 Å². The van der Waals surface area contributed by atoms with Crippen molar-refractivity contribution in [3.63, 3.8) is 0 Å². The third-order valence-corrected chi connectivity index (χ3v) is 1.90. The SMILES string of the molecule is CCOC(=O)C(C)=C[SiH3]. The summed E-state index contributed by atoms with van der Waals surface area (Å²) in [7, 11) is 0.915. The molecule has 0 spiro atoms. The van der Waals surface area contributed by atoms with Gasteiger partial charge in [0.2, 0.25) is 0 Å². The third kappa shape index (κ3) is 3.08. The van der Waals surface area contributed by atoms with E-state index in [0.29, 0.717) is 6.61 Å². The van der Waals surface area contributed by atoms with Gasteiger partial charge in [-0.25, -0.2) is 4.79 Å². The molecule has 0 aromatic carbocycles. The topological polar surface area (TPSA) is 26.3 Å². The van der Waals surface area contributed by atoms with Crippen LogP contribution < -0.4 is 0 Å². The molecule has 52 valence electrons. The maximum Gasteiger partial charge on any atom is 0.332 e. The van der Waals surface area contributed by atoms with Gasteiger partial charge in [0.1, 0.15) is 0 Å². The number of carbonyl (C=O) groups is 1. The average molecular weight is 144 g/mol. The van der Waals surface area contributed by atoms with E-state index in [2.05, 4.69) is 0 Å². The first-order valence-corrected chi connectivity index (χ1v) is 4.17. The summed E-state index contributed by atoms with van der Waals surface area (Å²) in [6, 6.07) is 0. The summed E-state index contributed by atoms with van der Waals surface area (Å²) in [4.78, 5) is 10.7. The van der Waals surface area contributed by atoms with Crippen molar-refractivity contribution in [2.24, 2.45) is 0 Å². The molecular formula is C6H12O2Si. The Bertz CT molecular complexity index is 129. The van der Waals surface area contributed by atoms with Crippen molar-refractivity contribution in [2.45, 2.75) is 13.8 Å². The molecule has 0 bridgehead atoms. The predicted molar refractivity (Wildman–Crippen MR) is 40.3 cm³/mol. The zero-order valence-corrected chi connectivity index (χ0v) is 8.10. The minimum Gasteiger partial charge on any atom is -0.463 e. The van der Waals surface area contributed by atoms with Crippen LogP contribution in [0.5, 0.6) is 0 Å². The summed E-state index contributed by atoms with van der Waals surface area (Å²) in [6.45, 7) is 4.04. The molecule has 0 aliphatic heterocycles. The van der Waals surface area contributed by atoms with Crippen LogP contribution in [0.15, 0.2) is 11.3 Å². The Morgan fingerprint density at radius 3 is 2.67 bits per heavy atom. The van der Waals surface area contributed by atoms with E-state index in [0.717, 1.165) is 15.8 Å². The Morgan fingerprint density at radius 2 is 2.33 bits per heavy atom. The molecule has 0 heterocycles. The molecule has 0 aliphatic carbocycles. The van der Waals surface area contributed by atoms with E-state index in [4.69, 9.17) is 4.74 Å². The van der Waals surface area contributed by atoms with Gasteiger partial charge < -0.3 is 4.74 Å². The van der Waals surface area contributed by atoms with Gasteiger partial charge in [-0.3, -0.25) is 0 Å². The van der Waals surface area contributed by atoms with E-state index < -0.39 is 0 Å². The second-order valence-electron chi connectivity index (χ2n) is 1.69. The van der Waals surface area contributed by atoms with Crippen LogP contribution in [0.2, 0.25) is 0 Å². The van der Waals surface area contributed by atoms with Gasteiger partial charge in [0.25, 0.3) is 0 Å². The molecule has 0 N–H and O–H groups in total. The van der Waals surface area contributed by atoms with Gasteiger partial charge in [0, 0.05) is 15.8 Å². The van der Waals surface area contributed by atoms with Gasteiger partial charge in [-0.1, -0.05) is 5.70 Å². The summed E-state index contributed by atoms with van der Waals surface area (Å²) in [5, 5.41) is 0. The van der Waals surface area contributed by atoms with Crippen LogP contribution in [0.4, 0.5) is 0 Å². The highest BCUT2D eigenvalue weighted by Crippen LogP contribution is 1.92. The van der Waals surface area contributed by atoms with Crippen LogP contribution in [-0.2, 0) is 9.53 Å². The van der Waals surface area contributed by atoms with E-state index >= 15 is 0 Å². The highest BCUT2D eigenvalue weighted by Gasteiger charge is 2.00. The summed E-state index contributed by atoms with van der Waals surface area (Å²) in [5.74, 6) is -0.187. The summed E-state index contributed by atoms with van der Waals surface area (Å²) in [5.41, 5.74) is 2.60. The van der Waals surface area contributed by atoms with Crippen LogP contribution in [-0.4, -0.2) is 22.8 Å². The van der Waals surface area contributed by atoms with Gasteiger partial charge in [0.15, 0.2) is 0 Å². The fourth-order valence-electron chi connectivity index (χ4n) is 0.363. The number of esters is 1. The van der Waals surface area contributed by atoms with Crippen LogP contribution in [0, 0.1) is 0 Å². The average Bonchev–Trinajstić information content (AvgIpc) is 1.87. The normalized spacial score (nSPS) is 11.6. The van der Waals surface area contributed by atoms with Gasteiger partial charge in [-0.2, -0.15) is 0 Å². The Balaban J connectivity index is 3.74. The van der Waals surface area contributed by atoms with Crippen molar-refractivity contribution >= 4 is 16.2 Å². The fraction of sp³-hybridized carbons (Fsp3) is 0.500. The highest BCUT2D eigenvalue weighted by atomic mass is 28.1. The molecule has 0 aliphatic rings. The van der Waals surface area contributed by atoms with Crippen molar-refractivity contribution in [1.29, 1.82) is 0 Å². The monoisotopic (exact) mass is 144 g/mol. The molecule has 0 aromatic heterocycles. The van der Waals surface area contributed by atoms with Crippen LogP contribution in [0.1, 0.15) is 13.8 Å². The number of hydrogen-bond acceptors (Lipinski definition) is 2. The van der Waals surface area contributed by atoms with Gasteiger partial charge in [0.05, 0.1) is 6.61 Å². The number of rotatable bonds is 2. The standard InChI is InChI=1S/C6H12O2Si/c1-3-8-6(7)5(2)4-9/h4H,3H2,1-2,9H3. The van der Waals surface area contributed by atoms with Crippen molar-refractivity contribution < 1.29 is 9.53 Å². The van der Waals surface area contributed by atoms with E-state index in [1.54, 1.807) is 13.8 Å². The smallest absolute Gasteiger partial charge is 0.332 e. The third-order valence-electron chi connectivity index (χ3n) is 1.03. The molecule has 0 aromatic rings. The molecule has 0 saturated heterocycles. The Kier molecular flexibility index (Phi) is 4.04. The summed E-state index contributed by atoms with van der Waals surface area (Å²) >= 11 is 0. The second-order valence-corrected chi connectivity index (χ2v) is 2.27. The molecule has 0 amide bonds. The maximum absolute atomic E-state index is 10.7. The zero-order chi connectivity index (χ0) is 7.28. The molecule has 0 fully saturated rings. The first-order valence-electron chi connectivity index (χ1n) is 3.02. The van der Waals surface area contributed by atoms with Gasteiger partial charge >= 0.3 is 5.97 Å². The lowest BCUT2D eigenvalue weighted by Crippen LogP contribution is -2.04. The predicted octanol–water partition coefficient (Wildman–Crippen LogP) is -0.181. The first-order chi connectivity index (χ1) is 4.22. The number of carbonyl (C=O) groups excluding carboxylic acids is 1. The molecule has 3 heteroatoms. The fourth-order valence-corrected chi connectivity index (χ4v) is 0.598. The Hall–Kier alpha value is -0.573. The Labute approximate surface area is 58.3 Å². The van der Waals surface area contributed by atoms with Gasteiger partial charge in [-0.15, -0.1) is 0 Å². The molecule has 9 heavy (non-hydrogen) atoms. The van der Waals surface area contributed by atoms with Crippen molar-refractivity contribution in [3.05, 3.63) is 11.3 Å². The zero-order valence-electron chi connectivity index (χ0n) is 6.10. The minimum atomic E-state index is -0.187. The minimum absolute atomic E-state index is 0.187. The van der Waals surface area contributed by atoms with E-state index in [1.165, 1.54) is 0 Å². The van der Waals surface area contributed by atoms with E-state index in [1.807, 2.05) is 5.70 Å². The lowest BCUT2D eigenvalue weighted by Gasteiger charge is -1.98. The van der Waals surface area contributed by atoms with E-state index in [9.17, 15) is 4.79 Å². The molecule has 0 radical (unpaired) electrons. The molecule has 0 atom stereocenters. The Morgan fingerprint density at radius 1 is 1.78 bits per heavy atom. The molecular weight excluding hydrogens is 132 g/mol. The van der Waals surface area contributed by atoms with E-state index in [-0.39, 0.29) is 5.97 Å². The van der Waals surface area contributed by atoms with Crippen molar-refractivity contribution in [2.75, 3.05) is 6.61 Å². The van der Waals surface area contributed by atoms with Crippen LogP contribution >= 0.6 is 0 Å². The molecule has 2 nitrogen and oxygen atoms in total. The molecule has 0 saturated carbocycles.